The summed E-state index contributed by atoms with van der Waals surface area (Å²) in [4.78, 5) is 4.67. The smallest absolute Gasteiger partial charge is 0.0464 e. The number of aryl methyl sites for hydroxylation is 4. The van der Waals surface area contributed by atoms with Gasteiger partial charge in [0.25, 0.3) is 0 Å². The summed E-state index contributed by atoms with van der Waals surface area (Å²) in [6.07, 6.45) is 2.26. The molecule has 0 bridgehead atoms. The van der Waals surface area contributed by atoms with Crippen LogP contribution in [-0.2, 0) is 6.42 Å². The number of rotatable bonds is 9. The Labute approximate surface area is 262 Å². The van der Waals surface area contributed by atoms with Crippen LogP contribution in [0.4, 0.5) is 34.1 Å². The molecule has 0 aromatic heterocycles. The Morgan fingerprint density at radius 1 is 0.386 bits per heavy atom. The van der Waals surface area contributed by atoms with Crippen molar-refractivity contribution in [3.05, 3.63) is 168 Å². The summed E-state index contributed by atoms with van der Waals surface area (Å²) >= 11 is 0. The molecule has 0 fully saturated rings. The van der Waals surface area contributed by atoms with Crippen molar-refractivity contribution in [1.29, 1.82) is 0 Å². The summed E-state index contributed by atoms with van der Waals surface area (Å²) in [5, 5.41) is 0. The van der Waals surface area contributed by atoms with Gasteiger partial charge < -0.3 is 9.80 Å². The van der Waals surface area contributed by atoms with Gasteiger partial charge in [0, 0.05) is 34.1 Å². The second-order valence-electron chi connectivity index (χ2n) is 11.6. The molecule has 6 aromatic rings. The first-order chi connectivity index (χ1) is 21.5. The molecule has 0 atom stereocenters. The molecule has 0 aliphatic carbocycles. The molecule has 0 saturated heterocycles. The fraction of sp³-hybridized carbons (Fsp3) is 0.143. The molecule has 2 heteroatoms. The molecule has 2 nitrogen and oxygen atoms in total. The van der Waals surface area contributed by atoms with Gasteiger partial charge in [0.05, 0.1) is 0 Å². The van der Waals surface area contributed by atoms with Crippen LogP contribution in [0.25, 0.3) is 11.1 Å². The van der Waals surface area contributed by atoms with Gasteiger partial charge in [0.15, 0.2) is 0 Å². The minimum Gasteiger partial charge on any atom is -0.310 e. The van der Waals surface area contributed by atoms with Gasteiger partial charge in [0.2, 0.25) is 0 Å². The highest BCUT2D eigenvalue weighted by atomic mass is 15.1. The molecule has 0 radical (unpaired) electrons. The Hall–Kier alpha value is -5.08. The Kier molecular flexibility index (Phi) is 8.61. The van der Waals surface area contributed by atoms with Crippen LogP contribution < -0.4 is 9.80 Å². The van der Waals surface area contributed by atoms with E-state index in [9.17, 15) is 0 Å². The molecule has 6 aromatic carbocycles. The number of para-hydroxylation sites is 2. The Bertz CT molecular complexity index is 1820. The molecule has 6 rings (SSSR count). The summed E-state index contributed by atoms with van der Waals surface area (Å²) in [6.45, 7) is 8.80. The van der Waals surface area contributed by atoms with Gasteiger partial charge in [-0.3, -0.25) is 0 Å². The molecule has 0 aliphatic heterocycles. The molecule has 0 aliphatic rings. The van der Waals surface area contributed by atoms with Crippen molar-refractivity contribution < 1.29 is 0 Å². The molecular weight excluding hydrogens is 532 g/mol. The molecule has 44 heavy (non-hydrogen) atoms. The molecule has 218 valence electrons. The zero-order chi connectivity index (χ0) is 30.5. The molecule has 0 N–H and O–H groups in total. The van der Waals surface area contributed by atoms with E-state index in [2.05, 4.69) is 183 Å². The predicted octanol–water partition coefficient (Wildman–Crippen LogP) is 12.2. The number of nitrogens with zero attached hydrogens (tertiary/aromatic N) is 2. The number of benzene rings is 6. The molecule has 0 unspecified atom stereocenters. The summed E-state index contributed by atoms with van der Waals surface area (Å²) in [5.74, 6) is 0. The molecule has 0 heterocycles. The lowest BCUT2D eigenvalue weighted by atomic mass is 10.0. The molecular formula is C42H40N2. The van der Waals surface area contributed by atoms with E-state index in [0.717, 1.165) is 41.3 Å². The van der Waals surface area contributed by atoms with Crippen molar-refractivity contribution in [1.82, 2.24) is 0 Å². The van der Waals surface area contributed by atoms with Crippen LogP contribution in [0.5, 0.6) is 0 Å². The largest absolute Gasteiger partial charge is 0.310 e. The fourth-order valence-electron chi connectivity index (χ4n) is 5.89. The highest BCUT2D eigenvalue weighted by Gasteiger charge is 2.15. The van der Waals surface area contributed by atoms with Crippen molar-refractivity contribution in [2.45, 2.75) is 40.5 Å². The van der Waals surface area contributed by atoms with Gasteiger partial charge >= 0.3 is 0 Å². The van der Waals surface area contributed by atoms with Crippen molar-refractivity contribution in [3.63, 3.8) is 0 Å². The normalized spacial score (nSPS) is 10.9. The molecule has 0 spiro atoms. The maximum absolute atomic E-state index is 2.34. The standard InChI is InChI=1S/C42H40N2/c1-5-12-34-18-28-42(30-33(34)4)44(38-15-10-7-11-16-38)40-26-21-36(22-27-40)35-19-24-39(25-20-35)43(37-13-8-6-9-14-37)41-23-17-31(2)32(3)29-41/h6-11,13-30H,5,12H2,1-4H3. The van der Waals surface area contributed by atoms with Crippen LogP contribution in [-0.4, -0.2) is 0 Å². The lowest BCUT2D eigenvalue weighted by molar-refractivity contribution is 0.912. The van der Waals surface area contributed by atoms with Gasteiger partial charge in [-0.15, -0.1) is 0 Å². The van der Waals surface area contributed by atoms with Crippen molar-refractivity contribution in [2.75, 3.05) is 9.80 Å². The quantitative estimate of drug-likeness (QED) is 0.170. The first-order valence-electron chi connectivity index (χ1n) is 15.6. The van der Waals surface area contributed by atoms with E-state index in [1.165, 1.54) is 39.1 Å². The summed E-state index contributed by atoms with van der Waals surface area (Å²) in [5.41, 5.74) is 14.7. The lowest BCUT2D eigenvalue weighted by Crippen LogP contribution is -2.10. The zero-order valence-corrected chi connectivity index (χ0v) is 26.2. The maximum atomic E-state index is 2.34. The maximum Gasteiger partial charge on any atom is 0.0464 e. The van der Waals surface area contributed by atoms with Gasteiger partial charge in [-0.1, -0.05) is 86.1 Å². The van der Waals surface area contributed by atoms with Gasteiger partial charge in [-0.05, 0) is 133 Å². The van der Waals surface area contributed by atoms with Crippen molar-refractivity contribution in [2.24, 2.45) is 0 Å². The second kappa shape index (κ2) is 13.1. The zero-order valence-electron chi connectivity index (χ0n) is 26.2. The van der Waals surface area contributed by atoms with Crippen LogP contribution in [0.2, 0.25) is 0 Å². The van der Waals surface area contributed by atoms with Crippen LogP contribution in [0.15, 0.2) is 146 Å². The minimum absolute atomic E-state index is 1.11. The van der Waals surface area contributed by atoms with E-state index in [0.29, 0.717) is 0 Å². The van der Waals surface area contributed by atoms with E-state index in [1.807, 2.05) is 0 Å². The van der Waals surface area contributed by atoms with E-state index in [4.69, 9.17) is 0 Å². The van der Waals surface area contributed by atoms with Crippen LogP contribution in [0, 0.1) is 20.8 Å². The third kappa shape index (κ3) is 6.16. The van der Waals surface area contributed by atoms with Crippen LogP contribution in [0.3, 0.4) is 0 Å². The first kappa shape index (κ1) is 29.0. The Balaban J connectivity index is 1.32. The Morgan fingerprint density at radius 2 is 0.795 bits per heavy atom. The SMILES string of the molecule is CCCc1ccc(N(c2ccccc2)c2ccc(-c3ccc(N(c4ccccc4)c4ccc(C)c(C)c4)cc3)cc2)cc1C. The first-order valence-corrected chi connectivity index (χ1v) is 15.6. The minimum atomic E-state index is 1.11. The summed E-state index contributed by atoms with van der Waals surface area (Å²) in [7, 11) is 0. The number of anilines is 6. The molecule has 0 amide bonds. The second-order valence-corrected chi connectivity index (χ2v) is 11.6. The van der Waals surface area contributed by atoms with Gasteiger partial charge in [0.1, 0.15) is 0 Å². The lowest BCUT2D eigenvalue weighted by Gasteiger charge is -2.27. The van der Waals surface area contributed by atoms with E-state index in [-0.39, 0.29) is 0 Å². The monoisotopic (exact) mass is 572 g/mol. The molecule has 0 saturated carbocycles. The van der Waals surface area contributed by atoms with Crippen LogP contribution >= 0.6 is 0 Å². The van der Waals surface area contributed by atoms with Gasteiger partial charge in [-0.25, -0.2) is 0 Å². The van der Waals surface area contributed by atoms with Crippen molar-refractivity contribution >= 4 is 34.1 Å². The van der Waals surface area contributed by atoms with Gasteiger partial charge in [-0.2, -0.15) is 0 Å². The van der Waals surface area contributed by atoms with E-state index in [1.54, 1.807) is 0 Å². The highest BCUT2D eigenvalue weighted by Crippen LogP contribution is 2.38. The van der Waals surface area contributed by atoms with Crippen molar-refractivity contribution in [3.8, 4) is 11.1 Å². The average molecular weight is 573 g/mol. The predicted molar refractivity (Wildman–Crippen MR) is 189 cm³/mol. The summed E-state index contributed by atoms with van der Waals surface area (Å²) in [6, 6.07) is 52.6. The third-order valence-corrected chi connectivity index (χ3v) is 8.47. The van der Waals surface area contributed by atoms with E-state index < -0.39 is 0 Å². The average Bonchev–Trinajstić information content (AvgIpc) is 3.06. The van der Waals surface area contributed by atoms with Crippen LogP contribution in [0.1, 0.15) is 35.6 Å². The number of hydrogen-bond donors (Lipinski definition) is 0. The Morgan fingerprint density at radius 3 is 1.23 bits per heavy atom. The number of hydrogen-bond acceptors (Lipinski definition) is 2. The van der Waals surface area contributed by atoms with E-state index >= 15 is 0 Å². The third-order valence-electron chi connectivity index (χ3n) is 8.47. The summed E-state index contributed by atoms with van der Waals surface area (Å²) < 4.78 is 0. The highest BCUT2D eigenvalue weighted by molar-refractivity contribution is 5.81. The fourth-order valence-corrected chi connectivity index (χ4v) is 5.89. The topological polar surface area (TPSA) is 6.48 Å².